The lowest BCUT2D eigenvalue weighted by Crippen LogP contribution is -2.10. The average molecular weight is 1290 g/mol. The number of pyridine rings is 3. The minimum atomic E-state index is 0.738. The van der Waals surface area contributed by atoms with Gasteiger partial charge in [-0.25, -0.2) is 4.98 Å². The number of nitrogens with zero attached hydrogens (tertiary/aromatic N) is 4. The van der Waals surface area contributed by atoms with E-state index in [0.717, 1.165) is 177 Å². The summed E-state index contributed by atoms with van der Waals surface area (Å²) in [5.41, 5.74) is 20.0. The molecule has 0 radical (unpaired) electrons. The molecule has 0 spiro atoms. The number of anilines is 3. The van der Waals surface area contributed by atoms with Gasteiger partial charge in [0.25, 0.3) is 0 Å². The van der Waals surface area contributed by atoms with Crippen molar-refractivity contribution in [2.45, 2.75) is 0 Å². The van der Waals surface area contributed by atoms with Crippen LogP contribution in [0.5, 0.6) is 0 Å². The summed E-state index contributed by atoms with van der Waals surface area (Å²) in [6.45, 7) is 0. The maximum absolute atomic E-state index is 7.81. The summed E-state index contributed by atoms with van der Waals surface area (Å²) in [5.74, 6) is 0. The van der Waals surface area contributed by atoms with Crippen LogP contribution in [0.1, 0.15) is 0 Å². The van der Waals surface area contributed by atoms with Crippen molar-refractivity contribution in [1.29, 1.82) is 0 Å². The summed E-state index contributed by atoms with van der Waals surface area (Å²) < 4.78 is 15.5. The normalized spacial score (nSPS) is 12.0. The molecule has 5 aromatic heterocycles. The molecule has 6 heteroatoms. The maximum atomic E-state index is 7.81. The largest absolute Gasteiger partial charge is 0.455 e. The van der Waals surface area contributed by atoms with Gasteiger partial charge in [0.05, 0.1) is 28.5 Å². The summed E-state index contributed by atoms with van der Waals surface area (Å²) in [6.07, 6.45) is 5.56. The zero-order chi connectivity index (χ0) is 66.2. The molecular formula is C95H56N4O2. The fourth-order valence-electron chi connectivity index (χ4n) is 16.3. The smallest absolute Gasteiger partial charge is 0.145 e. The van der Waals surface area contributed by atoms with Crippen LogP contribution in [0.4, 0.5) is 17.1 Å². The van der Waals surface area contributed by atoms with E-state index in [1.165, 1.54) is 37.9 Å². The number of hydrogen-bond donors (Lipinski definition) is 0. The van der Waals surface area contributed by atoms with Gasteiger partial charge in [-0.2, -0.15) is 0 Å². The fraction of sp³-hybridized carbons (Fsp3) is 0. The third kappa shape index (κ3) is 8.95. The van der Waals surface area contributed by atoms with E-state index in [1.807, 2.05) is 24.5 Å². The molecule has 0 amide bonds. The molecule has 0 atom stereocenters. The highest BCUT2D eigenvalue weighted by Crippen LogP contribution is 2.53. The number of aromatic nitrogens is 3. The Labute approximate surface area is 579 Å². The highest BCUT2D eigenvalue weighted by atomic mass is 16.3. The molecule has 0 aliphatic rings. The first-order valence-electron chi connectivity index (χ1n) is 34.3. The minimum Gasteiger partial charge on any atom is -0.455 e. The van der Waals surface area contributed by atoms with E-state index in [1.54, 1.807) is 6.20 Å². The SMILES string of the molecule is c1ccc(-c2ccc(N(c3cc4oc5c(-c6cccnc6-c6cccnc6)ccc6c7cc(-c8ccc(-c9c%10ccccc%10cc%10ccccc9%10)cc8)cc8oc9c(-c%10cccc(-c%11cccc%12ccccc%11%12)n%10)ccc(c(c3)c4c56)c9c87)c3cc4ccccc4c4ccccc34)cc2)cc1. The summed E-state index contributed by atoms with van der Waals surface area (Å²) in [5, 5.41) is 19.9. The van der Waals surface area contributed by atoms with E-state index in [-0.39, 0.29) is 0 Å². The van der Waals surface area contributed by atoms with E-state index < -0.39 is 0 Å². The highest BCUT2D eigenvalue weighted by molar-refractivity contribution is 6.38. The first kappa shape index (κ1) is 56.6. The van der Waals surface area contributed by atoms with Crippen LogP contribution in [0.2, 0.25) is 0 Å². The first-order chi connectivity index (χ1) is 50.1. The van der Waals surface area contributed by atoms with Gasteiger partial charge >= 0.3 is 0 Å². The molecule has 101 heavy (non-hydrogen) atoms. The zero-order valence-corrected chi connectivity index (χ0v) is 54.4. The van der Waals surface area contributed by atoms with E-state index in [0.29, 0.717) is 0 Å². The molecule has 0 unspecified atom stereocenters. The number of furan rings is 2. The Balaban J connectivity index is 0.880. The second-order valence-electron chi connectivity index (χ2n) is 26.5. The first-order valence-corrected chi connectivity index (χ1v) is 34.3. The van der Waals surface area contributed by atoms with Crippen LogP contribution >= 0.6 is 0 Å². The van der Waals surface area contributed by atoms with E-state index in [4.69, 9.17) is 18.8 Å². The van der Waals surface area contributed by atoms with Crippen LogP contribution in [0.15, 0.2) is 349 Å². The van der Waals surface area contributed by atoms with Crippen molar-refractivity contribution in [2.75, 3.05) is 4.90 Å². The predicted molar refractivity (Wildman–Crippen MR) is 421 cm³/mol. The Morgan fingerprint density at radius 1 is 0.267 bits per heavy atom. The topological polar surface area (TPSA) is 68.2 Å². The predicted octanol–water partition coefficient (Wildman–Crippen LogP) is 26.3. The Bertz CT molecular complexity index is 6880. The number of rotatable bonds is 10. The van der Waals surface area contributed by atoms with Gasteiger partial charge in [0.1, 0.15) is 22.3 Å². The van der Waals surface area contributed by atoms with Crippen LogP contribution in [-0.4, -0.2) is 15.0 Å². The van der Waals surface area contributed by atoms with E-state index >= 15 is 0 Å². The molecule has 0 aliphatic heterocycles. The van der Waals surface area contributed by atoms with Crippen molar-refractivity contribution in [2.24, 2.45) is 0 Å². The van der Waals surface area contributed by atoms with Crippen LogP contribution in [-0.2, 0) is 0 Å². The molecule has 21 aromatic rings. The van der Waals surface area contributed by atoms with Crippen molar-refractivity contribution >= 4 is 136 Å². The molecule has 0 N–H and O–H groups in total. The Hall–Kier alpha value is -13.6. The van der Waals surface area contributed by atoms with Gasteiger partial charge in [0, 0.05) is 85.1 Å². The van der Waals surface area contributed by atoms with Crippen molar-refractivity contribution in [1.82, 2.24) is 15.0 Å². The second-order valence-corrected chi connectivity index (χ2v) is 26.5. The third-order valence-electron chi connectivity index (χ3n) is 20.9. The van der Waals surface area contributed by atoms with Crippen molar-refractivity contribution in [3.63, 3.8) is 0 Å². The molecule has 21 rings (SSSR count). The third-order valence-corrected chi connectivity index (χ3v) is 20.9. The van der Waals surface area contributed by atoms with E-state index in [9.17, 15) is 0 Å². The Morgan fingerprint density at radius 2 is 0.802 bits per heavy atom. The molecule has 0 bridgehead atoms. The molecule has 0 aliphatic carbocycles. The number of benzene rings is 15. The summed E-state index contributed by atoms with van der Waals surface area (Å²) >= 11 is 0. The Morgan fingerprint density at radius 3 is 1.53 bits per heavy atom. The van der Waals surface area contributed by atoms with Gasteiger partial charge in [-0.15, -0.1) is 0 Å². The quantitative estimate of drug-likeness (QED) is 0.100. The molecule has 0 fully saturated rings. The molecule has 5 heterocycles. The van der Waals surface area contributed by atoms with Gasteiger partial charge in [-0.05, 0) is 188 Å². The molecule has 6 nitrogen and oxygen atoms in total. The summed E-state index contributed by atoms with van der Waals surface area (Å²) in [4.78, 5) is 17.7. The molecule has 0 saturated carbocycles. The van der Waals surface area contributed by atoms with Gasteiger partial charge in [-0.1, -0.05) is 231 Å². The van der Waals surface area contributed by atoms with Crippen LogP contribution in [0.3, 0.4) is 0 Å². The zero-order valence-electron chi connectivity index (χ0n) is 54.4. The monoisotopic (exact) mass is 1280 g/mol. The highest BCUT2D eigenvalue weighted by Gasteiger charge is 2.29. The van der Waals surface area contributed by atoms with Gasteiger partial charge < -0.3 is 13.7 Å². The van der Waals surface area contributed by atoms with Crippen molar-refractivity contribution < 1.29 is 8.83 Å². The lowest BCUT2D eigenvalue weighted by molar-refractivity contribution is 0.669. The molecular weight excluding hydrogens is 1230 g/mol. The van der Waals surface area contributed by atoms with Crippen LogP contribution in [0, 0.1) is 0 Å². The summed E-state index contributed by atoms with van der Waals surface area (Å²) in [7, 11) is 0. The standard InChI is InChI=1S/C95H56N4O2/c1-2-18-57(19-3-1)58-40-42-67(43-41-58)99(85-52-64-23-5-9-27-70(64)73-30-12-13-31-75(73)85)68-54-82-77-45-47-80(84-35-15-34-83(98-84)74-32-14-24-60-20-4-8-26-69(60)74)95-92(77)89-81(76-44-46-79(94-91(76)90(82)87(55-68)101-94)78-33-17-49-97-93(78)65-25-16-48-96-56-65)51-66(53-86(89)100-95)59-36-38-61(39-37-59)88-71-28-10-6-21-62(71)50-63-22-7-11-29-72(63)88/h1-56H. The number of hydrogen-bond acceptors (Lipinski definition) is 6. The van der Waals surface area contributed by atoms with Gasteiger partial charge in [0.2, 0.25) is 0 Å². The average Bonchev–Trinajstić information content (AvgIpc) is 1.56. The van der Waals surface area contributed by atoms with Crippen molar-refractivity contribution in [3.05, 3.63) is 340 Å². The van der Waals surface area contributed by atoms with Gasteiger partial charge in [-0.3, -0.25) is 9.97 Å². The molecule has 468 valence electrons. The van der Waals surface area contributed by atoms with Crippen molar-refractivity contribution in [3.8, 4) is 78.3 Å². The minimum absolute atomic E-state index is 0.738. The molecule has 16 aromatic carbocycles. The number of fused-ring (bicyclic) bond motifs is 8. The van der Waals surface area contributed by atoms with Crippen LogP contribution in [0.25, 0.3) is 198 Å². The Kier molecular flexibility index (Phi) is 12.6. The second kappa shape index (κ2) is 22.5. The lowest BCUT2D eigenvalue weighted by Gasteiger charge is -2.28. The maximum Gasteiger partial charge on any atom is 0.145 e. The summed E-state index contributed by atoms with van der Waals surface area (Å²) in [6, 6.07) is 116. The lowest BCUT2D eigenvalue weighted by atomic mass is 9.89. The van der Waals surface area contributed by atoms with Gasteiger partial charge in [0.15, 0.2) is 0 Å². The van der Waals surface area contributed by atoms with E-state index in [2.05, 4.69) is 319 Å². The van der Waals surface area contributed by atoms with Crippen LogP contribution < -0.4 is 4.90 Å². The molecule has 0 saturated heterocycles. The fourth-order valence-corrected chi connectivity index (χ4v) is 16.3.